The lowest BCUT2D eigenvalue weighted by Crippen LogP contribution is -2.31. The molecule has 1 rings (SSSR count). The smallest absolute Gasteiger partial charge is 0.299 e. The van der Waals surface area contributed by atoms with Gasteiger partial charge in [-0.3, -0.25) is 14.3 Å². The normalized spacial score (nSPS) is 12.1. The van der Waals surface area contributed by atoms with E-state index in [1.807, 2.05) is 6.26 Å². The fraction of sp³-hybridized carbons (Fsp3) is 0.500. The van der Waals surface area contributed by atoms with Gasteiger partial charge in [-0.1, -0.05) is 6.92 Å². The number of nitrogens with zero attached hydrogens (tertiary/aromatic N) is 2. The van der Waals surface area contributed by atoms with Crippen molar-refractivity contribution in [1.82, 2.24) is 9.55 Å². The van der Waals surface area contributed by atoms with E-state index in [-0.39, 0.29) is 5.56 Å². The second-order valence-electron chi connectivity index (χ2n) is 3.44. The lowest BCUT2D eigenvalue weighted by molar-refractivity contribution is 0.602. The third kappa shape index (κ3) is 3.00. The standard InChI is InChI=1S/C10H13N3O2S/c1-7(16-2)3-4-13-6-8(5-11)9(14)12-10(13)15/h6-7H,3-4H2,1-2H3,(H,12,14,15). The van der Waals surface area contributed by atoms with Crippen LogP contribution in [0.4, 0.5) is 0 Å². The van der Waals surface area contributed by atoms with Crippen molar-refractivity contribution in [3.63, 3.8) is 0 Å². The Labute approximate surface area is 97.1 Å². The summed E-state index contributed by atoms with van der Waals surface area (Å²) in [5.41, 5.74) is -1.12. The highest BCUT2D eigenvalue weighted by atomic mass is 32.2. The van der Waals surface area contributed by atoms with Crippen LogP contribution in [0.1, 0.15) is 18.9 Å². The van der Waals surface area contributed by atoms with E-state index < -0.39 is 11.2 Å². The van der Waals surface area contributed by atoms with Crippen LogP contribution in [-0.2, 0) is 6.54 Å². The molecule has 1 heterocycles. The van der Waals surface area contributed by atoms with E-state index in [0.29, 0.717) is 11.8 Å². The first-order chi connectivity index (χ1) is 7.58. The number of hydrogen-bond donors (Lipinski definition) is 1. The molecule has 6 heteroatoms. The average molecular weight is 239 g/mol. The number of aromatic amines is 1. The Kier molecular flexibility index (Phi) is 4.38. The quantitative estimate of drug-likeness (QED) is 0.832. The van der Waals surface area contributed by atoms with Crippen molar-refractivity contribution in [1.29, 1.82) is 5.26 Å². The fourth-order valence-electron chi connectivity index (χ4n) is 1.19. The third-order valence-electron chi connectivity index (χ3n) is 2.31. The number of hydrogen-bond acceptors (Lipinski definition) is 4. The molecule has 86 valence electrons. The number of thioether (sulfide) groups is 1. The van der Waals surface area contributed by atoms with E-state index >= 15 is 0 Å². The van der Waals surface area contributed by atoms with Crippen LogP contribution in [0, 0.1) is 11.3 Å². The summed E-state index contributed by atoms with van der Waals surface area (Å²) in [5, 5.41) is 9.10. The van der Waals surface area contributed by atoms with Gasteiger partial charge in [0.25, 0.3) is 5.56 Å². The molecule has 1 N–H and O–H groups in total. The van der Waals surface area contributed by atoms with Crippen molar-refractivity contribution < 1.29 is 0 Å². The molecular formula is C10H13N3O2S. The molecule has 1 atom stereocenters. The van der Waals surface area contributed by atoms with Gasteiger partial charge in [-0.05, 0) is 12.7 Å². The van der Waals surface area contributed by atoms with E-state index in [1.165, 1.54) is 10.8 Å². The molecule has 1 aromatic rings. The molecule has 0 radical (unpaired) electrons. The number of aryl methyl sites for hydroxylation is 1. The first-order valence-corrected chi connectivity index (χ1v) is 6.14. The Balaban J connectivity index is 2.94. The zero-order chi connectivity index (χ0) is 12.1. The number of nitriles is 1. The number of nitrogens with one attached hydrogen (secondary N) is 1. The molecule has 0 aromatic carbocycles. The van der Waals surface area contributed by atoms with Gasteiger partial charge in [-0.2, -0.15) is 17.0 Å². The highest BCUT2D eigenvalue weighted by Crippen LogP contribution is 2.09. The average Bonchev–Trinajstić information content (AvgIpc) is 2.27. The van der Waals surface area contributed by atoms with E-state index in [0.717, 1.165) is 6.42 Å². The third-order valence-corrected chi connectivity index (χ3v) is 3.35. The second-order valence-corrected chi connectivity index (χ2v) is 4.72. The molecule has 1 aromatic heterocycles. The molecule has 1 unspecified atom stereocenters. The molecule has 16 heavy (non-hydrogen) atoms. The fourth-order valence-corrected chi connectivity index (χ4v) is 1.53. The summed E-state index contributed by atoms with van der Waals surface area (Å²) in [6.45, 7) is 2.57. The molecule has 0 aliphatic carbocycles. The van der Waals surface area contributed by atoms with Gasteiger partial charge in [-0.15, -0.1) is 0 Å². The summed E-state index contributed by atoms with van der Waals surface area (Å²) in [6, 6.07) is 1.76. The summed E-state index contributed by atoms with van der Waals surface area (Å²) in [4.78, 5) is 24.6. The van der Waals surface area contributed by atoms with Crippen LogP contribution in [0.3, 0.4) is 0 Å². The van der Waals surface area contributed by atoms with Crippen LogP contribution in [-0.4, -0.2) is 21.1 Å². The van der Waals surface area contributed by atoms with Gasteiger partial charge in [0.2, 0.25) is 0 Å². The monoisotopic (exact) mass is 239 g/mol. The number of H-pyrrole nitrogens is 1. The van der Waals surface area contributed by atoms with Gasteiger partial charge in [0.05, 0.1) is 0 Å². The predicted octanol–water partition coefficient (Wildman–Crippen LogP) is 0.550. The molecular weight excluding hydrogens is 226 g/mol. The highest BCUT2D eigenvalue weighted by molar-refractivity contribution is 7.99. The van der Waals surface area contributed by atoms with Gasteiger partial charge in [-0.25, -0.2) is 4.79 Å². The molecule has 5 nitrogen and oxygen atoms in total. The topological polar surface area (TPSA) is 78.7 Å². The first kappa shape index (κ1) is 12.6. The Morgan fingerprint density at radius 2 is 2.31 bits per heavy atom. The maximum atomic E-state index is 11.4. The summed E-state index contributed by atoms with van der Waals surface area (Å²) >= 11 is 1.71. The zero-order valence-corrected chi connectivity index (χ0v) is 10.0. The highest BCUT2D eigenvalue weighted by Gasteiger charge is 2.05. The molecule has 0 saturated carbocycles. The minimum Gasteiger partial charge on any atom is -0.299 e. The van der Waals surface area contributed by atoms with E-state index in [1.54, 1.807) is 17.8 Å². The van der Waals surface area contributed by atoms with Crippen LogP contribution in [0.5, 0.6) is 0 Å². The van der Waals surface area contributed by atoms with E-state index in [9.17, 15) is 9.59 Å². The maximum Gasteiger partial charge on any atom is 0.328 e. The zero-order valence-electron chi connectivity index (χ0n) is 9.19. The van der Waals surface area contributed by atoms with Crippen molar-refractivity contribution in [3.8, 4) is 6.07 Å². The maximum absolute atomic E-state index is 11.4. The van der Waals surface area contributed by atoms with Gasteiger partial charge in [0.15, 0.2) is 0 Å². The summed E-state index contributed by atoms with van der Waals surface area (Å²) in [6.07, 6.45) is 4.13. The van der Waals surface area contributed by atoms with Crippen LogP contribution >= 0.6 is 11.8 Å². The van der Waals surface area contributed by atoms with Gasteiger partial charge in [0, 0.05) is 18.0 Å². The molecule has 0 fully saturated rings. The second kappa shape index (κ2) is 5.56. The van der Waals surface area contributed by atoms with Crippen molar-refractivity contribution in [2.75, 3.05) is 6.26 Å². The summed E-state index contributed by atoms with van der Waals surface area (Å²) in [5.74, 6) is 0. The van der Waals surface area contributed by atoms with Gasteiger partial charge >= 0.3 is 5.69 Å². The van der Waals surface area contributed by atoms with Crippen molar-refractivity contribution in [2.45, 2.75) is 25.1 Å². The molecule has 0 spiro atoms. The molecule has 0 amide bonds. The van der Waals surface area contributed by atoms with Crippen LogP contribution < -0.4 is 11.2 Å². The Morgan fingerprint density at radius 3 is 2.88 bits per heavy atom. The Hall–Kier alpha value is -1.48. The van der Waals surface area contributed by atoms with E-state index in [4.69, 9.17) is 5.26 Å². The predicted molar refractivity (Wildman–Crippen MR) is 63.6 cm³/mol. The molecule has 0 aliphatic rings. The molecule has 0 aliphatic heterocycles. The van der Waals surface area contributed by atoms with Crippen molar-refractivity contribution >= 4 is 11.8 Å². The summed E-state index contributed by atoms with van der Waals surface area (Å²) in [7, 11) is 0. The van der Waals surface area contributed by atoms with Gasteiger partial charge < -0.3 is 0 Å². The minimum absolute atomic E-state index is 0.0311. The van der Waals surface area contributed by atoms with E-state index in [2.05, 4.69) is 11.9 Å². The Bertz CT molecular complexity index is 512. The number of rotatable bonds is 4. The van der Waals surface area contributed by atoms with Crippen molar-refractivity contribution in [3.05, 3.63) is 32.6 Å². The van der Waals surface area contributed by atoms with Gasteiger partial charge in [0.1, 0.15) is 11.6 Å². The lowest BCUT2D eigenvalue weighted by atomic mass is 10.3. The van der Waals surface area contributed by atoms with Crippen LogP contribution in [0.15, 0.2) is 15.8 Å². The molecule has 0 bridgehead atoms. The Morgan fingerprint density at radius 1 is 1.62 bits per heavy atom. The largest absolute Gasteiger partial charge is 0.328 e. The SMILES string of the molecule is CSC(C)CCn1cc(C#N)c(=O)[nH]c1=O. The first-order valence-electron chi connectivity index (χ1n) is 4.85. The van der Waals surface area contributed by atoms with Crippen LogP contribution in [0.25, 0.3) is 0 Å². The van der Waals surface area contributed by atoms with Crippen LogP contribution in [0.2, 0.25) is 0 Å². The lowest BCUT2D eigenvalue weighted by Gasteiger charge is -2.09. The van der Waals surface area contributed by atoms with Crippen molar-refractivity contribution in [2.24, 2.45) is 0 Å². The minimum atomic E-state index is -0.623. The number of aromatic nitrogens is 2. The molecule has 0 saturated heterocycles. The summed E-state index contributed by atoms with van der Waals surface area (Å²) < 4.78 is 1.37.